The Hall–Kier alpha value is -0.920. The zero-order valence-corrected chi connectivity index (χ0v) is 9.64. The number of sulfonamides is 1. The highest BCUT2D eigenvalue weighted by Gasteiger charge is 2.05. The van der Waals surface area contributed by atoms with Crippen LogP contribution >= 0.6 is 11.6 Å². The highest BCUT2D eigenvalue weighted by molar-refractivity contribution is 7.89. The maximum atomic E-state index is 11.0. The fraction of sp³-hybridized carbons (Fsp3) is 0.429. The minimum absolute atomic E-state index is 0.0227. The Kier molecular flexibility index (Phi) is 4.25. The number of aromatic nitrogens is 2. The number of hydrogen-bond acceptors (Lipinski definition) is 5. The molecule has 0 bridgehead atoms. The summed E-state index contributed by atoms with van der Waals surface area (Å²) in [6, 6.07) is 1.61. The lowest BCUT2D eigenvalue weighted by Crippen LogP contribution is -2.26. The van der Waals surface area contributed by atoms with Crippen LogP contribution in [-0.4, -0.2) is 37.7 Å². The molecule has 0 spiro atoms. The largest absolute Gasteiger partial charge is 0.369 e. The number of halogens is 1. The van der Waals surface area contributed by atoms with E-state index in [9.17, 15) is 8.42 Å². The van der Waals surface area contributed by atoms with Gasteiger partial charge in [-0.05, 0) is 24.7 Å². The molecule has 8 heteroatoms. The van der Waals surface area contributed by atoms with Gasteiger partial charge in [0.25, 0.3) is 0 Å². The van der Waals surface area contributed by atoms with E-state index in [1.165, 1.54) is 13.2 Å². The molecule has 1 heterocycles. The molecule has 0 radical (unpaired) electrons. The third-order valence-electron chi connectivity index (χ3n) is 1.61. The first-order chi connectivity index (χ1) is 7.03. The van der Waals surface area contributed by atoms with Gasteiger partial charge in [0.05, 0.1) is 5.75 Å². The molecule has 0 aliphatic heterocycles. The Balaban J connectivity index is 2.45. The summed E-state index contributed by atoms with van der Waals surface area (Å²) in [6.45, 7) is 0.260. The first-order valence-corrected chi connectivity index (χ1v) is 6.20. The van der Waals surface area contributed by atoms with E-state index in [0.717, 1.165) is 0 Å². The van der Waals surface area contributed by atoms with Crippen LogP contribution < -0.4 is 10.0 Å². The van der Waals surface area contributed by atoms with Crippen LogP contribution in [0.1, 0.15) is 0 Å². The fourth-order valence-corrected chi connectivity index (χ4v) is 1.57. The second-order valence-corrected chi connectivity index (χ2v) is 5.04. The molecule has 0 saturated carbocycles. The van der Waals surface area contributed by atoms with Crippen LogP contribution in [0.3, 0.4) is 0 Å². The molecule has 0 saturated heterocycles. The molecule has 6 nitrogen and oxygen atoms in total. The van der Waals surface area contributed by atoms with Crippen molar-refractivity contribution in [1.29, 1.82) is 0 Å². The number of rotatable bonds is 5. The Morgan fingerprint density at radius 2 is 2.27 bits per heavy atom. The third-order valence-corrected chi connectivity index (χ3v) is 3.16. The third kappa shape index (κ3) is 4.41. The van der Waals surface area contributed by atoms with Crippen LogP contribution in [0.15, 0.2) is 12.3 Å². The van der Waals surface area contributed by atoms with Crippen molar-refractivity contribution in [2.24, 2.45) is 0 Å². The first kappa shape index (κ1) is 12.2. The van der Waals surface area contributed by atoms with Crippen LogP contribution in [0.5, 0.6) is 0 Å². The molecule has 0 aromatic carbocycles. The minimum Gasteiger partial charge on any atom is -0.369 e. The predicted molar refractivity (Wildman–Crippen MR) is 58.4 cm³/mol. The number of nitrogens with one attached hydrogen (secondary N) is 2. The monoisotopic (exact) mass is 250 g/mol. The van der Waals surface area contributed by atoms with Gasteiger partial charge in [-0.15, -0.1) is 0 Å². The van der Waals surface area contributed by atoms with E-state index in [1.54, 1.807) is 6.07 Å². The van der Waals surface area contributed by atoms with Gasteiger partial charge in [0.15, 0.2) is 0 Å². The van der Waals surface area contributed by atoms with Gasteiger partial charge in [-0.2, -0.15) is 0 Å². The maximum Gasteiger partial charge on any atom is 0.224 e. The zero-order valence-electron chi connectivity index (χ0n) is 8.07. The molecule has 0 aliphatic carbocycles. The van der Waals surface area contributed by atoms with Crippen molar-refractivity contribution < 1.29 is 8.42 Å². The summed E-state index contributed by atoms with van der Waals surface area (Å²) >= 11 is 5.55. The lowest BCUT2D eigenvalue weighted by molar-refractivity contribution is 0.588. The quantitative estimate of drug-likeness (QED) is 0.724. The Morgan fingerprint density at radius 1 is 1.53 bits per heavy atom. The number of hydrogen-bond donors (Lipinski definition) is 2. The maximum absolute atomic E-state index is 11.0. The van der Waals surface area contributed by atoms with Gasteiger partial charge in [0, 0.05) is 12.7 Å². The summed E-state index contributed by atoms with van der Waals surface area (Å²) in [6.07, 6.45) is 1.49. The Morgan fingerprint density at radius 3 is 2.87 bits per heavy atom. The smallest absolute Gasteiger partial charge is 0.224 e. The Labute approximate surface area is 93.1 Å². The highest BCUT2D eigenvalue weighted by atomic mass is 35.5. The van der Waals surface area contributed by atoms with Crippen LogP contribution in [0, 0.1) is 0 Å². The summed E-state index contributed by atoms with van der Waals surface area (Å²) in [5.74, 6) is 0.479. The van der Waals surface area contributed by atoms with E-state index in [2.05, 4.69) is 20.0 Å². The van der Waals surface area contributed by atoms with E-state index in [4.69, 9.17) is 11.6 Å². The van der Waals surface area contributed by atoms with E-state index in [-0.39, 0.29) is 17.6 Å². The standard InChI is InChI=1S/C7H11ClN4O2S/c1-9-15(13,14)5-4-10-6-2-3-11-7(8)12-6/h2-3,9H,4-5H2,1H3,(H,10,11,12). The Bertz CT molecular complexity index is 423. The van der Waals surface area contributed by atoms with Gasteiger partial charge in [-0.3, -0.25) is 0 Å². The van der Waals surface area contributed by atoms with E-state index >= 15 is 0 Å². The molecule has 1 aromatic rings. The van der Waals surface area contributed by atoms with Crippen molar-refractivity contribution >= 4 is 27.4 Å². The second-order valence-electron chi connectivity index (χ2n) is 2.66. The average Bonchev–Trinajstić information content (AvgIpc) is 2.18. The fourth-order valence-electron chi connectivity index (χ4n) is 0.849. The average molecular weight is 251 g/mol. The van der Waals surface area contributed by atoms with Gasteiger partial charge in [-0.25, -0.2) is 23.1 Å². The molecule has 0 atom stereocenters. The van der Waals surface area contributed by atoms with Crippen molar-refractivity contribution in [1.82, 2.24) is 14.7 Å². The van der Waals surface area contributed by atoms with E-state index < -0.39 is 10.0 Å². The predicted octanol–water partition coefficient (Wildman–Crippen LogP) is 0.0911. The van der Waals surface area contributed by atoms with E-state index in [1.807, 2.05) is 0 Å². The van der Waals surface area contributed by atoms with Gasteiger partial charge in [0.1, 0.15) is 5.82 Å². The van der Waals surface area contributed by atoms with Gasteiger partial charge >= 0.3 is 0 Å². The lowest BCUT2D eigenvalue weighted by atomic mass is 10.5. The first-order valence-electron chi connectivity index (χ1n) is 4.17. The highest BCUT2D eigenvalue weighted by Crippen LogP contribution is 2.04. The molecule has 0 amide bonds. The summed E-state index contributed by atoms with van der Waals surface area (Å²) in [7, 11) is -1.82. The molecule has 0 fully saturated rings. The summed E-state index contributed by atoms with van der Waals surface area (Å²) in [4.78, 5) is 7.54. The topological polar surface area (TPSA) is 84.0 Å². The molecule has 0 aliphatic rings. The van der Waals surface area contributed by atoms with Gasteiger partial charge in [-0.1, -0.05) is 0 Å². The molecule has 84 valence electrons. The zero-order chi connectivity index (χ0) is 11.3. The minimum atomic E-state index is -3.19. The summed E-state index contributed by atoms with van der Waals surface area (Å²) < 4.78 is 24.3. The summed E-state index contributed by atoms with van der Waals surface area (Å²) in [5.41, 5.74) is 0. The van der Waals surface area contributed by atoms with Crippen LogP contribution in [0.2, 0.25) is 5.28 Å². The molecule has 1 aromatic heterocycles. The molecule has 2 N–H and O–H groups in total. The molecule has 15 heavy (non-hydrogen) atoms. The van der Waals surface area contributed by atoms with Gasteiger partial charge in [0.2, 0.25) is 15.3 Å². The van der Waals surface area contributed by atoms with Crippen molar-refractivity contribution in [3.8, 4) is 0 Å². The lowest BCUT2D eigenvalue weighted by Gasteiger charge is -2.05. The van der Waals surface area contributed by atoms with Crippen molar-refractivity contribution in [2.75, 3.05) is 24.7 Å². The molecule has 1 rings (SSSR count). The number of nitrogens with zero attached hydrogens (tertiary/aromatic N) is 2. The van der Waals surface area contributed by atoms with Gasteiger partial charge < -0.3 is 5.32 Å². The SMILES string of the molecule is CNS(=O)(=O)CCNc1ccnc(Cl)n1. The second kappa shape index (κ2) is 5.24. The van der Waals surface area contributed by atoms with E-state index in [0.29, 0.717) is 5.82 Å². The van der Waals surface area contributed by atoms with Crippen LogP contribution in [-0.2, 0) is 10.0 Å². The van der Waals surface area contributed by atoms with Crippen molar-refractivity contribution in [3.05, 3.63) is 17.5 Å². The van der Waals surface area contributed by atoms with Crippen LogP contribution in [0.4, 0.5) is 5.82 Å². The summed E-state index contributed by atoms with van der Waals surface area (Å²) in [5, 5.41) is 2.94. The van der Waals surface area contributed by atoms with Crippen molar-refractivity contribution in [2.45, 2.75) is 0 Å². The molecule has 0 unspecified atom stereocenters. The van der Waals surface area contributed by atoms with Crippen LogP contribution in [0.25, 0.3) is 0 Å². The molecular weight excluding hydrogens is 240 g/mol. The normalized spacial score (nSPS) is 11.3. The van der Waals surface area contributed by atoms with Crippen molar-refractivity contribution in [3.63, 3.8) is 0 Å². The number of anilines is 1. The molecular formula is C7H11ClN4O2S.